The van der Waals surface area contributed by atoms with Crippen LogP contribution in [0.25, 0.3) is 0 Å². The van der Waals surface area contributed by atoms with Crippen molar-refractivity contribution in [3.8, 4) is 23.7 Å². The highest BCUT2D eigenvalue weighted by molar-refractivity contribution is 5.29. The second kappa shape index (κ2) is 6.24. The number of hydrogen-bond acceptors (Lipinski definition) is 0. The van der Waals surface area contributed by atoms with E-state index in [2.05, 4.69) is 44.5 Å². The molecule has 0 rings (SSSR count). The Morgan fingerprint density at radius 1 is 1.30 bits per heavy atom. The monoisotopic (exact) mass is 133 g/mol. The highest BCUT2D eigenvalue weighted by Crippen LogP contribution is 1.84. The molecule has 0 aromatic carbocycles. The van der Waals surface area contributed by atoms with Gasteiger partial charge < -0.3 is 0 Å². The van der Waals surface area contributed by atoms with E-state index in [-0.39, 0.29) is 0 Å². The molecule has 0 bridgehead atoms. The maximum atomic E-state index is 2.96. The van der Waals surface area contributed by atoms with Gasteiger partial charge in [-0.1, -0.05) is 32.6 Å². The van der Waals surface area contributed by atoms with E-state index in [0.29, 0.717) is 5.92 Å². The minimum atomic E-state index is 0.427. The summed E-state index contributed by atoms with van der Waals surface area (Å²) in [6.07, 6.45) is 2.91. The first-order valence-corrected chi connectivity index (χ1v) is 3.60. The van der Waals surface area contributed by atoms with Crippen molar-refractivity contribution in [1.82, 2.24) is 0 Å². The maximum absolute atomic E-state index is 2.96. The fraction of sp³-hybridized carbons (Fsp3) is 0.500. The third-order valence-electron chi connectivity index (χ3n) is 0.802. The topological polar surface area (TPSA) is 0 Å². The van der Waals surface area contributed by atoms with Crippen LogP contribution in [0.5, 0.6) is 0 Å². The largest absolute Gasteiger partial charge is 0.0863 e. The zero-order valence-electron chi connectivity index (χ0n) is 6.86. The molecule has 0 amide bonds. The van der Waals surface area contributed by atoms with Crippen molar-refractivity contribution in [1.29, 1.82) is 0 Å². The van der Waals surface area contributed by atoms with Crippen LogP contribution in [0.2, 0.25) is 0 Å². The van der Waals surface area contributed by atoms with Gasteiger partial charge in [0.15, 0.2) is 0 Å². The molecule has 0 heterocycles. The predicted octanol–water partition coefficient (Wildman–Crippen LogP) is 2.26. The summed E-state index contributed by atoms with van der Waals surface area (Å²) >= 11 is 0. The lowest BCUT2D eigenvalue weighted by atomic mass is 10.2. The van der Waals surface area contributed by atoms with Crippen LogP contribution in [0.1, 0.15) is 27.2 Å². The van der Waals surface area contributed by atoms with Crippen LogP contribution in [-0.4, -0.2) is 0 Å². The molecular formula is C10H13. The van der Waals surface area contributed by atoms with Gasteiger partial charge in [0.1, 0.15) is 0 Å². The quantitative estimate of drug-likeness (QED) is 0.481. The fourth-order valence-electron chi connectivity index (χ4n) is 0.370. The van der Waals surface area contributed by atoms with Crippen LogP contribution in [0.4, 0.5) is 0 Å². The Morgan fingerprint density at radius 2 is 2.00 bits per heavy atom. The van der Waals surface area contributed by atoms with Gasteiger partial charge in [-0.05, 0) is 18.3 Å². The molecule has 0 aromatic heterocycles. The average molecular weight is 133 g/mol. The maximum Gasteiger partial charge on any atom is 0.0348 e. The molecule has 0 aliphatic heterocycles. The van der Waals surface area contributed by atoms with Gasteiger partial charge in [-0.3, -0.25) is 0 Å². The van der Waals surface area contributed by atoms with E-state index in [9.17, 15) is 0 Å². The summed E-state index contributed by atoms with van der Waals surface area (Å²) in [5, 5.41) is 0. The molecule has 0 atom stereocenters. The second-order valence-electron chi connectivity index (χ2n) is 2.31. The minimum absolute atomic E-state index is 0.427. The molecule has 0 N–H and O–H groups in total. The minimum Gasteiger partial charge on any atom is -0.0863 e. The van der Waals surface area contributed by atoms with Gasteiger partial charge in [-0.25, -0.2) is 0 Å². The Balaban J connectivity index is 3.56. The van der Waals surface area contributed by atoms with E-state index in [1.54, 1.807) is 0 Å². The van der Waals surface area contributed by atoms with Crippen molar-refractivity contribution in [3.05, 3.63) is 6.42 Å². The van der Waals surface area contributed by atoms with Crippen LogP contribution < -0.4 is 0 Å². The van der Waals surface area contributed by atoms with Crippen LogP contribution in [0.15, 0.2) is 0 Å². The molecule has 10 heavy (non-hydrogen) atoms. The van der Waals surface area contributed by atoms with Crippen LogP contribution in [0, 0.1) is 36.0 Å². The predicted molar refractivity (Wildman–Crippen MR) is 45.0 cm³/mol. The lowest BCUT2D eigenvalue weighted by Crippen LogP contribution is -1.75. The third-order valence-corrected chi connectivity index (χ3v) is 0.802. The van der Waals surface area contributed by atoms with Crippen molar-refractivity contribution in [2.24, 2.45) is 5.92 Å². The van der Waals surface area contributed by atoms with Gasteiger partial charge in [-0.2, -0.15) is 0 Å². The highest BCUT2D eigenvalue weighted by atomic mass is 13.8. The van der Waals surface area contributed by atoms with Gasteiger partial charge in [0.05, 0.1) is 0 Å². The summed E-state index contributed by atoms with van der Waals surface area (Å²) in [5.41, 5.74) is 0. The molecule has 1 radical (unpaired) electrons. The second-order valence-corrected chi connectivity index (χ2v) is 2.31. The summed E-state index contributed by atoms with van der Waals surface area (Å²) in [5.74, 6) is 11.8. The van der Waals surface area contributed by atoms with E-state index in [1.807, 2.05) is 6.42 Å². The lowest BCUT2D eigenvalue weighted by Gasteiger charge is -1.82. The number of rotatable bonds is 1. The summed E-state index contributed by atoms with van der Waals surface area (Å²) in [6, 6.07) is 0. The Kier molecular flexibility index (Phi) is 5.69. The molecule has 0 aliphatic carbocycles. The molecule has 0 nitrogen and oxygen atoms in total. The smallest absolute Gasteiger partial charge is 0.0348 e. The summed E-state index contributed by atoms with van der Waals surface area (Å²) < 4.78 is 0. The first kappa shape index (κ1) is 9.12. The van der Waals surface area contributed by atoms with E-state index in [1.165, 1.54) is 0 Å². The zero-order valence-corrected chi connectivity index (χ0v) is 6.86. The van der Waals surface area contributed by atoms with Crippen LogP contribution in [0.3, 0.4) is 0 Å². The fourth-order valence-corrected chi connectivity index (χ4v) is 0.370. The van der Waals surface area contributed by atoms with Gasteiger partial charge in [0.25, 0.3) is 0 Å². The van der Waals surface area contributed by atoms with Crippen molar-refractivity contribution >= 4 is 0 Å². The average Bonchev–Trinajstić information content (AvgIpc) is 1.87. The Labute approximate surface area is 64.0 Å². The van der Waals surface area contributed by atoms with E-state index < -0.39 is 0 Å². The Hall–Kier alpha value is -0.880. The number of hydrogen-bond donors (Lipinski definition) is 0. The zero-order chi connectivity index (χ0) is 7.82. The van der Waals surface area contributed by atoms with Crippen LogP contribution in [-0.2, 0) is 0 Å². The van der Waals surface area contributed by atoms with Crippen molar-refractivity contribution in [2.45, 2.75) is 27.2 Å². The van der Waals surface area contributed by atoms with E-state index >= 15 is 0 Å². The summed E-state index contributed by atoms with van der Waals surface area (Å²) in [6.45, 7) is 6.17. The Bertz CT molecular complexity index is 178. The van der Waals surface area contributed by atoms with Crippen LogP contribution >= 0.6 is 0 Å². The molecular weight excluding hydrogens is 120 g/mol. The highest BCUT2D eigenvalue weighted by Gasteiger charge is 1.77. The van der Waals surface area contributed by atoms with Crippen molar-refractivity contribution < 1.29 is 0 Å². The molecule has 0 spiro atoms. The molecule has 0 saturated carbocycles. The molecule has 0 aliphatic rings. The lowest BCUT2D eigenvalue weighted by molar-refractivity contribution is 0.867. The van der Waals surface area contributed by atoms with Gasteiger partial charge >= 0.3 is 0 Å². The molecule has 53 valence electrons. The first-order valence-electron chi connectivity index (χ1n) is 3.60. The normalized spacial score (nSPS) is 7.60. The molecule has 0 unspecified atom stereocenters. The van der Waals surface area contributed by atoms with Gasteiger partial charge in [0, 0.05) is 12.3 Å². The standard InChI is InChI=1S/C10H13/c1-4-5-6-7-8-9-10(2)3/h5,10H,4H2,1-3H3. The summed E-state index contributed by atoms with van der Waals surface area (Å²) in [4.78, 5) is 0. The van der Waals surface area contributed by atoms with Gasteiger partial charge in [-0.15, -0.1) is 0 Å². The van der Waals surface area contributed by atoms with Crippen molar-refractivity contribution in [3.63, 3.8) is 0 Å². The number of unbranched alkanes of at least 4 members (excludes halogenated alkanes) is 1. The Morgan fingerprint density at radius 3 is 2.50 bits per heavy atom. The van der Waals surface area contributed by atoms with E-state index in [4.69, 9.17) is 0 Å². The van der Waals surface area contributed by atoms with Gasteiger partial charge in [0.2, 0.25) is 0 Å². The van der Waals surface area contributed by atoms with E-state index in [0.717, 1.165) is 6.42 Å². The molecule has 0 saturated heterocycles. The molecule has 0 fully saturated rings. The molecule has 0 aromatic rings. The van der Waals surface area contributed by atoms with Crippen molar-refractivity contribution in [2.75, 3.05) is 0 Å². The summed E-state index contributed by atoms with van der Waals surface area (Å²) in [7, 11) is 0. The molecule has 0 heteroatoms. The first-order chi connectivity index (χ1) is 4.77. The SMILES string of the molecule is CC[CH]C#CC#CC(C)C. The third kappa shape index (κ3) is 7.12.